The maximum Gasteiger partial charge on any atom is 0.320 e. The Labute approximate surface area is 119 Å². The number of piperidine rings is 1. The van der Waals surface area contributed by atoms with Crippen LogP contribution in [0.3, 0.4) is 0 Å². The number of fused-ring (bicyclic) bond motifs is 2. The topological polar surface area (TPSA) is 60.9 Å². The first-order chi connectivity index (χ1) is 9.54. The normalized spacial score (nSPS) is 32.2. The van der Waals surface area contributed by atoms with Gasteiger partial charge in [-0.25, -0.2) is 4.79 Å². The monoisotopic (exact) mass is 280 g/mol. The lowest BCUT2D eigenvalue weighted by Gasteiger charge is -2.40. The molecule has 2 amide bonds. The molecule has 5 heteroatoms. The minimum atomic E-state index is -0.708. The van der Waals surface area contributed by atoms with Gasteiger partial charge in [0.1, 0.15) is 0 Å². The van der Waals surface area contributed by atoms with E-state index < -0.39 is 5.97 Å². The fourth-order valence-corrected chi connectivity index (χ4v) is 3.98. The van der Waals surface area contributed by atoms with Gasteiger partial charge in [0.2, 0.25) is 0 Å². The third-order valence-corrected chi connectivity index (χ3v) is 5.07. The van der Waals surface area contributed by atoms with E-state index in [0.717, 1.165) is 32.2 Å². The van der Waals surface area contributed by atoms with Crippen LogP contribution in [0, 0.1) is 11.8 Å². The summed E-state index contributed by atoms with van der Waals surface area (Å²) in [6.45, 7) is 0.882. The van der Waals surface area contributed by atoms with Crippen LogP contribution in [-0.4, -0.2) is 52.6 Å². The van der Waals surface area contributed by atoms with Gasteiger partial charge >= 0.3 is 12.0 Å². The van der Waals surface area contributed by atoms with E-state index in [1.165, 1.54) is 12.8 Å². The molecule has 0 aromatic carbocycles. The summed E-state index contributed by atoms with van der Waals surface area (Å²) in [5, 5.41) is 8.94. The third-order valence-electron chi connectivity index (χ3n) is 5.07. The molecule has 0 aromatic heterocycles. The molecule has 2 unspecified atom stereocenters. The second-order valence-corrected chi connectivity index (χ2v) is 6.83. The Kier molecular flexibility index (Phi) is 3.61. The molecule has 0 spiro atoms. The molecule has 20 heavy (non-hydrogen) atoms. The molecule has 2 saturated heterocycles. The van der Waals surface area contributed by atoms with E-state index in [1.807, 2.05) is 11.9 Å². The average Bonchev–Trinajstić information content (AvgIpc) is 3.13. The van der Waals surface area contributed by atoms with E-state index in [-0.39, 0.29) is 30.5 Å². The van der Waals surface area contributed by atoms with Crippen molar-refractivity contribution in [1.29, 1.82) is 0 Å². The van der Waals surface area contributed by atoms with Crippen molar-refractivity contribution in [1.82, 2.24) is 9.80 Å². The summed E-state index contributed by atoms with van der Waals surface area (Å²) in [5.74, 6) is 0.258. The fourth-order valence-electron chi connectivity index (χ4n) is 3.98. The van der Waals surface area contributed by atoms with Crippen LogP contribution in [0.4, 0.5) is 4.79 Å². The number of hydrogen-bond donors (Lipinski definition) is 1. The van der Waals surface area contributed by atoms with E-state index in [4.69, 9.17) is 5.11 Å². The Morgan fingerprint density at radius 2 is 1.70 bits per heavy atom. The van der Waals surface area contributed by atoms with Gasteiger partial charge in [-0.15, -0.1) is 0 Å². The Morgan fingerprint density at radius 3 is 2.20 bits per heavy atom. The van der Waals surface area contributed by atoms with Crippen molar-refractivity contribution < 1.29 is 14.7 Å². The van der Waals surface area contributed by atoms with Gasteiger partial charge in [-0.3, -0.25) is 4.79 Å². The van der Waals surface area contributed by atoms with Crippen LogP contribution >= 0.6 is 0 Å². The molecule has 0 radical (unpaired) electrons. The van der Waals surface area contributed by atoms with E-state index in [2.05, 4.69) is 4.90 Å². The molecular weight excluding hydrogens is 256 g/mol. The van der Waals surface area contributed by atoms with Crippen LogP contribution in [0.15, 0.2) is 0 Å². The Morgan fingerprint density at radius 1 is 1.10 bits per heavy atom. The highest BCUT2D eigenvalue weighted by Crippen LogP contribution is 2.40. The van der Waals surface area contributed by atoms with Gasteiger partial charge in [-0.2, -0.15) is 0 Å². The third kappa shape index (κ3) is 2.76. The quantitative estimate of drug-likeness (QED) is 0.858. The molecule has 0 aromatic rings. The number of carboxylic acids is 1. The van der Waals surface area contributed by atoms with Gasteiger partial charge < -0.3 is 14.9 Å². The van der Waals surface area contributed by atoms with Gasteiger partial charge in [0.05, 0.1) is 0 Å². The maximum absolute atomic E-state index is 12.6. The zero-order valence-electron chi connectivity index (χ0n) is 12.1. The maximum atomic E-state index is 12.6. The van der Waals surface area contributed by atoms with Crippen LogP contribution in [0.1, 0.15) is 44.9 Å². The lowest BCUT2D eigenvalue weighted by molar-refractivity contribution is -0.138. The van der Waals surface area contributed by atoms with Gasteiger partial charge in [0.25, 0.3) is 0 Å². The van der Waals surface area contributed by atoms with Crippen molar-refractivity contribution in [2.75, 3.05) is 13.6 Å². The Balaban J connectivity index is 1.61. The average molecular weight is 280 g/mol. The number of carbonyl (C=O) groups is 2. The number of nitrogens with zero attached hydrogens (tertiary/aromatic N) is 2. The van der Waals surface area contributed by atoms with Crippen LogP contribution in [0.5, 0.6) is 0 Å². The molecule has 3 rings (SSSR count). The SMILES string of the molecule is CN(CC1CC1)C(=O)N1C2CCC1CC(CC(=O)O)C2. The molecule has 1 saturated carbocycles. The number of aliphatic carboxylic acids is 1. The van der Waals surface area contributed by atoms with E-state index in [9.17, 15) is 9.59 Å². The smallest absolute Gasteiger partial charge is 0.320 e. The highest BCUT2D eigenvalue weighted by Gasteiger charge is 2.44. The zero-order valence-corrected chi connectivity index (χ0v) is 12.1. The highest BCUT2D eigenvalue weighted by atomic mass is 16.4. The highest BCUT2D eigenvalue weighted by molar-refractivity contribution is 5.75. The second-order valence-electron chi connectivity index (χ2n) is 6.83. The summed E-state index contributed by atoms with van der Waals surface area (Å²) in [7, 11) is 1.91. The van der Waals surface area contributed by atoms with E-state index in [0.29, 0.717) is 5.92 Å². The Bertz CT molecular complexity index is 394. The van der Waals surface area contributed by atoms with Gasteiger partial charge in [-0.05, 0) is 50.4 Å². The van der Waals surface area contributed by atoms with Crippen molar-refractivity contribution in [2.45, 2.75) is 57.0 Å². The molecule has 112 valence electrons. The molecule has 1 aliphatic carbocycles. The first-order valence-corrected chi connectivity index (χ1v) is 7.79. The number of carbonyl (C=O) groups excluding carboxylic acids is 1. The summed E-state index contributed by atoms with van der Waals surface area (Å²) >= 11 is 0. The molecule has 2 aliphatic heterocycles. The molecular formula is C15H24N2O3. The number of hydrogen-bond acceptors (Lipinski definition) is 2. The predicted octanol–water partition coefficient (Wildman–Crippen LogP) is 2.17. The van der Waals surface area contributed by atoms with Crippen LogP contribution in [0.25, 0.3) is 0 Å². The van der Waals surface area contributed by atoms with E-state index >= 15 is 0 Å². The van der Waals surface area contributed by atoms with Crippen molar-refractivity contribution in [3.8, 4) is 0 Å². The summed E-state index contributed by atoms with van der Waals surface area (Å²) in [6, 6.07) is 0.706. The lowest BCUT2D eigenvalue weighted by Crippen LogP contribution is -2.51. The Hall–Kier alpha value is -1.26. The van der Waals surface area contributed by atoms with Gasteiger partial charge in [0.15, 0.2) is 0 Å². The summed E-state index contributed by atoms with van der Waals surface area (Å²) < 4.78 is 0. The zero-order chi connectivity index (χ0) is 14.3. The predicted molar refractivity (Wildman–Crippen MR) is 74.4 cm³/mol. The number of amides is 2. The molecule has 2 bridgehead atoms. The van der Waals surface area contributed by atoms with Crippen molar-refractivity contribution in [3.05, 3.63) is 0 Å². The van der Waals surface area contributed by atoms with Gasteiger partial charge in [0, 0.05) is 32.1 Å². The summed E-state index contributed by atoms with van der Waals surface area (Å²) in [4.78, 5) is 27.4. The second kappa shape index (κ2) is 5.26. The molecule has 2 heterocycles. The van der Waals surface area contributed by atoms with Crippen molar-refractivity contribution in [2.24, 2.45) is 11.8 Å². The van der Waals surface area contributed by atoms with E-state index in [1.54, 1.807) is 0 Å². The van der Waals surface area contributed by atoms with Crippen molar-refractivity contribution >= 4 is 12.0 Å². The van der Waals surface area contributed by atoms with Crippen LogP contribution in [-0.2, 0) is 4.79 Å². The molecule has 5 nitrogen and oxygen atoms in total. The molecule has 3 fully saturated rings. The van der Waals surface area contributed by atoms with Gasteiger partial charge in [-0.1, -0.05) is 0 Å². The van der Waals surface area contributed by atoms with Crippen LogP contribution < -0.4 is 0 Å². The first-order valence-electron chi connectivity index (χ1n) is 7.79. The standard InChI is InChI=1S/C15H24N2O3/c1-16(9-10-2-3-10)15(20)17-12-4-5-13(17)7-11(6-12)8-14(18)19/h10-13H,2-9H2,1H3,(H,18,19). The van der Waals surface area contributed by atoms with Crippen LogP contribution in [0.2, 0.25) is 0 Å². The minimum absolute atomic E-state index is 0.165. The number of carboxylic acid groups (broad SMARTS) is 1. The minimum Gasteiger partial charge on any atom is -0.481 e. The summed E-state index contributed by atoms with van der Waals surface area (Å²) in [6.07, 6.45) is 6.59. The molecule has 1 N–H and O–H groups in total. The largest absolute Gasteiger partial charge is 0.481 e. The fraction of sp³-hybridized carbons (Fsp3) is 0.867. The lowest BCUT2D eigenvalue weighted by atomic mass is 9.88. The number of urea groups is 1. The number of rotatable bonds is 4. The van der Waals surface area contributed by atoms with Crippen molar-refractivity contribution in [3.63, 3.8) is 0 Å². The first kappa shape index (κ1) is 13.7. The summed E-state index contributed by atoms with van der Waals surface area (Å²) in [5.41, 5.74) is 0. The molecule has 3 aliphatic rings. The molecule has 2 atom stereocenters.